The number of rotatable bonds is 3. The number of ether oxygens (including phenoxy) is 2. The SMILES string of the molecule is COc1ccc(C(Cl)C2CCOC2C)c(F)c1. The molecule has 1 aliphatic heterocycles. The molecule has 0 saturated carbocycles. The van der Waals surface area contributed by atoms with Crippen molar-refractivity contribution in [3.63, 3.8) is 0 Å². The molecule has 2 nitrogen and oxygen atoms in total. The van der Waals surface area contributed by atoms with Crippen LogP contribution in [0.5, 0.6) is 5.75 Å². The molecule has 1 aliphatic rings. The summed E-state index contributed by atoms with van der Waals surface area (Å²) in [6.45, 7) is 2.68. The van der Waals surface area contributed by atoms with Crippen molar-refractivity contribution in [2.75, 3.05) is 13.7 Å². The third kappa shape index (κ3) is 2.55. The number of alkyl halides is 1. The molecule has 0 amide bonds. The van der Waals surface area contributed by atoms with Crippen LogP contribution in [-0.2, 0) is 4.74 Å². The van der Waals surface area contributed by atoms with Crippen molar-refractivity contribution in [1.82, 2.24) is 0 Å². The van der Waals surface area contributed by atoms with Gasteiger partial charge in [-0.3, -0.25) is 0 Å². The molecular weight excluding hydrogens is 243 g/mol. The summed E-state index contributed by atoms with van der Waals surface area (Å²) in [5.74, 6) is 0.355. The summed E-state index contributed by atoms with van der Waals surface area (Å²) in [4.78, 5) is 0. The minimum Gasteiger partial charge on any atom is -0.497 e. The summed E-state index contributed by atoms with van der Waals surface area (Å²) >= 11 is 6.35. The van der Waals surface area contributed by atoms with E-state index >= 15 is 0 Å². The second kappa shape index (κ2) is 5.23. The Bertz CT molecular complexity index is 397. The molecule has 0 aromatic heterocycles. The zero-order valence-corrected chi connectivity index (χ0v) is 10.7. The maximum atomic E-state index is 13.9. The molecule has 3 unspecified atom stereocenters. The molecule has 0 aliphatic carbocycles. The van der Waals surface area contributed by atoms with Crippen molar-refractivity contribution in [3.05, 3.63) is 29.6 Å². The van der Waals surface area contributed by atoms with Crippen molar-refractivity contribution in [1.29, 1.82) is 0 Å². The quantitative estimate of drug-likeness (QED) is 0.772. The number of benzene rings is 1. The van der Waals surface area contributed by atoms with Gasteiger partial charge in [-0.15, -0.1) is 11.6 Å². The lowest BCUT2D eigenvalue weighted by molar-refractivity contribution is 0.104. The molecule has 4 heteroatoms. The molecule has 17 heavy (non-hydrogen) atoms. The molecule has 3 atom stereocenters. The van der Waals surface area contributed by atoms with Crippen LogP contribution < -0.4 is 4.74 Å². The Hall–Kier alpha value is -0.800. The molecule has 1 fully saturated rings. The Balaban J connectivity index is 2.21. The van der Waals surface area contributed by atoms with E-state index in [1.54, 1.807) is 12.1 Å². The van der Waals surface area contributed by atoms with Gasteiger partial charge >= 0.3 is 0 Å². The van der Waals surface area contributed by atoms with Gasteiger partial charge in [-0.1, -0.05) is 6.07 Å². The van der Waals surface area contributed by atoms with E-state index in [2.05, 4.69) is 0 Å². The predicted molar refractivity (Wildman–Crippen MR) is 65.1 cm³/mol. The van der Waals surface area contributed by atoms with E-state index in [1.165, 1.54) is 13.2 Å². The van der Waals surface area contributed by atoms with E-state index in [1.807, 2.05) is 6.92 Å². The standard InChI is InChI=1S/C13H16ClFO2/c1-8-10(5-6-17-8)13(14)11-4-3-9(16-2)7-12(11)15/h3-4,7-8,10,13H,5-6H2,1-2H3. The number of hydrogen-bond donors (Lipinski definition) is 0. The van der Waals surface area contributed by atoms with E-state index in [4.69, 9.17) is 21.1 Å². The van der Waals surface area contributed by atoms with E-state index in [0.29, 0.717) is 17.9 Å². The van der Waals surface area contributed by atoms with E-state index in [-0.39, 0.29) is 23.2 Å². The molecular formula is C13H16ClFO2. The van der Waals surface area contributed by atoms with Gasteiger partial charge < -0.3 is 9.47 Å². The number of hydrogen-bond acceptors (Lipinski definition) is 2. The van der Waals surface area contributed by atoms with Crippen molar-refractivity contribution < 1.29 is 13.9 Å². The lowest BCUT2D eigenvalue weighted by Crippen LogP contribution is -2.17. The first-order chi connectivity index (χ1) is 8.13. The first-order valence-corrected chi connectivity index (χ1v) is 6.16. The summed E-state index contributed by atoms with van der Waals surface area (Å²) in [6, 6.07) is 4.79. The zero-order chi connectivity index (χ0) is 12.4. The Morgan fingerprint density at radius 3 is 2.82 bits per heavy atom. The molecule has 0 radical (unpaired) electrons. The summed E-state index contributed by atoms with van der Waals surface area (Å²) in [6.07, 6.45) is 0.958. The minimum absolute atomic E-state index is 0.0824. The van der Waals surface area contributed by atoms with Crippen LogP contribution in [0.1, 0.15) is 24.3 Å². The zero-order valence-electron chi connectivity index (χ0n) is 9.95. The van der Waals surface area contributed by atoms with Gasteiger partial charge in [0.1, 0.15) is 11.6 Å². The second-order valence-electron chi connectivity index (χ2n) is 4.32. The Kier molecular flexibility index (Phi) is 3.89. The predicted octanol–water partition coefficient (Wildman–Crippen LogP) is 3.54. The molecule has 2 rings (SSSR count). The average Bonchev–Trinajstić information content (AvgIpc) is 2.74. The third-order valence-electron chi connectivity index (χ3n) is 3.32. The fourth-order valence-electron chi connectivity index (χ4n) is 2.22. The molecule has 0 N–H and O–H groups in total. The fraction of sp³-hybridized carbons (Fsp3) is 0.538. The molecule has 0 bridgehead atoms. The Morgan fingerprint density at radius 1 is 1.53 bits per heavy atom. The molecule has 0 spiro atoms. The molecule has 1 aromatic carbocycles. The first kappa shape index (κ1) is 12.7. The summed E-state index contributed by atoms with van der Waals surface area (Å²) in [5, 5.41) is -0.349. The maximum Gasteiger partial charge on any atom is 0.131 e. The summed E-state index contributed by atoms with van der Waals surface area (Å²) in [7, 11) is 1.51. The average molecular weight is 259 g/mol. The second-order valence-corrected chi connectivity index (χ2v) is 4.79. The Morgan fingerprint density at radius 2 is 2.29 bits per heavy atom. The molecule has 94 valence electrons. The van der Waals surface area contributed by atoms with E-state index < -0.39 is 0 Å². The highest BCUT2D eigenvalue weighted by atomic mass is 35.5. The Labute approximate surface area is 106 Å². The lowest BCUT2D eigenvalue weighted by atomic mass is 9.93. The van der Waals surface area contributed by atoms with E-state index in [0.717, 1.165) is 6.42 Å². The highest BCUT2D eigenvalue weighted by molar-refractivity contribution is 6.21. The summed E-state index contributed by atoms with van der Waals surface area (Å²) < 4.78 is 24.3. The van der Waals surface area contributed by atoms with Crippen LogP contribution in [0.3, 0.4) is 0 Å². The van der Waals surface area contributed by atoms with Crippen molar-refractivity contribution in [3.8, 4) is 5.75 Å². The normalized spacial score (nSPS) is 25.9. The van der Waals surface area contributed by atoms with Gasteiger partial charge in [-0.05, 0) is 19.4 Å². The van der Waals surface area contributed by atoms with Gasteiger partial charge in [0.25, 0.3) is 0 Å². The van der Waals surface area contributed by atoms with Crippen LogP contribution in [0.2, 0.25) is 0 Å². The van der Waals surface area contributed by atoms with E-state index in [9.17, 15) is 4.39 Å². The van der Waals surface area contributed by atoms with Crippen molar-refractivity contribution >= 4 is 11.6 Å². The first-order valence-electron chi connectivity index (χ1n) is 5.72. The van der Waals surface area contributed by atoms with Crippen LogP contribution in [0, 0.1) is 11.7 Å². The van der Waals surface area contributed by atoms with Crippen LogP contribution in [-0.4, -0.2) is 19.8 Å². The number of methoxy groups -OCH3 is 1. The van der Waals surface area contributed by atoms with Crippen LogP contribution in [0.4, 0.5) is 4.39 Å². The maximum absolute atomic E-state index is 13.9. The van der Waals surface area contributed by atoms with Gasteiger partial charge in [0, 0.05) is 24.2 Å². The van der Waals surface area contributed by atoms with Gasteiger partial charge in [0.15, 0.2) is 0 Å². The van der Waals surface area contributed by atoms with Crippen LogP contribution in [0.25, 0.3) is 0 Å². The smallest absolute Gasteiger partial charge is 0.131 e. The monoisotopic (exact) mass is 258 g/mol. The largest absolute Gasteiger partial charge is 0.497 e. The van der Waals surface area contributed by atoms with Gasteiger partial charge in [0.2, 0.25) is 0 Å². The van der Waals surface area contributed by atoms with Gasteiger partial charge in [0.05, 0.1) is 18.6 Å². The highest BCUT2D eigenvalue weighted by Gasteiger charge is 2.32. The van der Waals surface area contributed by atoms with Crippen LogP contribution >= 0.6 is 11.6 Å². The third-order valence-corrected chi connectivity index (χ3v) is 3.87. The number of halogens is 2. The molecule has 1 heterocycles. The lowest BCUT2D eigenvalue weighted by Gasteiger charge is -2.21. The van der Waals surface area contributed by atoms with Gasteiger partial charge in [-0.2, -0.15) is 0 Å². The summed E-state index contributed by atoms with van der Waals surface area (Å²) in [5.41, 5.74) is 0.523. The minimum atomic E-state index is -0.349. The fourth-order valence-corrected chi connectivity index (χ4v) is 2.73. The van der Waals surface area contributed by atoms with Crippen molar-refractivity contribution in [2.24, 2.45) is 5.92 Å². The van der Waals surface area contributed by atoms with Crippen LogP contribution in [0.15, 0.2) is 18.2 Å². The molecule has 1 saturated heterocycles. The topological polar surface area (TPSA) is 18.5 Å². The van der Waals surface area contributed by atoms with Crippen molar-refractivity contribution in [2.45, 2.75) is 24.8 Å². The highest BCUT2D eigenvalue weighted by Crippen LogP contribution is 2.39. The van der Waals surface area contributed by atoms with Gasteiger partial charge in [-0.25, -0.2) is 4.39 Å². The molecule has 1 aromatic rings.